The minimum Gasteiger partial charge on any atom is -0.496 e. The van der Waals surface area contributed by atoms with E-state index in [9.17, 15) is 0 Å². The van der Waals surface area contributed by atoms with Crippen molar-refractivity contribution in [1.29, 1.82) is 0 Å². The summed E-state index contributed by atoms with van der Waals surface area (Å²) in [5, 5.41) is 15.2. The first-order chi connectivity index (χ1) is 10.1. The molecule has 0 saturated carbocycles. The van der Waals surface area contributed by atoms with Crippen LogP contribution in [0.25, 0.3) is 0 Å². The molecule has 6 nitrogen and oxygen atoms in total. The van der Waals surface area contributed by atoms with Crippen LogP contribution in [0, 0.1) is 0 Å². The third kappa shape index (κ3) is 3.86. The number of amidine groups is 1. The van der Waals surface area contributed by atoms with Gasteiger partial charge in [0, 0.05) is 19.7 Å². The Morgan fingerprint density at radius 3 is 3.00 bits per heavy atom. The zero-order valence-electron chi connectivity index (χ0n) is 12.6. The van der Waals surface area contributed by atoms with Crippen LogP contribution in [0.5, 0.6) is 5.75 Å². The number of ether oxygens (including phenoxy) is 2. The number of methoxy groups -OCH3 is 1. The highest BCUT2D eigenvalue weighted by molar-refractivity contribution is 5.99. The molecule has 0 amide bonds. The molecule has 1 aromatic rings. The highest BCUT2D eigenvalue weighted by atomic mass is 16.5. The first-order valence-electron chi connectivity index (χ1n) is 7.07. The SMILES string of the molecule is COc1cc(CNCC2(C)CCCO2)ccc1/C(N)=N/O. The van der Waals surface area contributed by atoms with Gasteiger partial charge in [0.1, 0.15) is 5.75 Å². The lowest BCUT2D eigenvalue weighted by Crippen LogP contribution is -2.36. The summed E-state index contributed by atoms with van der Waals surface area (Å²) in [6, 6.07) is 5.61. The van der Waals surface area contributed by atoms with E-state index in [1.54, 1.807) is 13.2 Å². The summed E-state index contributed by atoms with van der Waals surface area (Å²) in [5.41, 5.74) is 7.20. The Labute approximate surface area is 124 Å². The average Bonchev–Trinajstić information content (AvgIpc) is 2.93. The third-order valence-corrected chi connectivity index (χ3v) is 3.78. The maximum atomic E-state index is 8.75. The van der Waals surface area contributed by atoms with Crippen molar-refractivity contribution >= 4 is 5.84 Å². The molecule has 4 N–H and O–H groups in total. The fourth-order valence-corrected chi connectivity index (χ4v) is 2.56. The standard InChI is InChI=1S/C15H23N3O3/c1-15(6-3-7-21-15)10-17-9-11-4-5-12(14(16)18-19)13(8-11)20-2/h4-5,8,17,19H,3,6-7,9-10H2,1-2H3,(H2,16,18). The number of hydrogen-bond donors (Lipinski definition) is 3. The Bertz CT molecular complexity index is 511. The highest BCUT2D eigenvalue weighted by Gasteiger charge is 2.28. The molecule has 0 spiro atoms. The highest BCUT2D eigenvalue weighted by Crippen LogP contribution is 2.24. The molecule has 1 unspecified atom stereocenters. The van der Waals surface area contributed by atoms with Crippen LogP contribution in [-0.2, 0) is 11.3 Å². The summed E-state index contributed by atoms with van der Waals surface area (Å²) in [4.78, 5) is 0. The second kappa shape index (κ2) is 6.78. The minimum absolute atomic E-state index is 0.0400. The molecule has 1 aliphatic heterocycles. The normalized spacial score (nSPS) is 22.5. The van der Waals surface area contributed by atoms with Crippen molar-refractivity contribution in [2.45, 2.75) is 31.9 Å². The Balaban J connectivity index is 1.97. The van der Waals surface area contributed by atoms with Crippen LogP contribution in [-0.4, -0.2) is 36.9 Å². The molecule has 6 heteroatoms. The Morgan fingerprint density at radius 1 is 1.57 bits per heavy atom. The number of nitrogens with one attached hydrogen (secondary N) is 1. The summed E-state index contributed by atoms with van der Waals surface area (Å²) in [5.74, 6) is 0.631. The Hall–Kier alpha value is -1.79. The quantitative estimate of drug-likeness (QED) is 0.320. The maximum absolute atomic E-state index is 8.75. The zero-order chi connectivity index (χ0) is 15.3. The van der Waals surface area contributed by atoms with Gasteiger partial charge >= 0.3 is 0 Å². The molecule has 0 aromatic heterocycles. The van der Waals surface area contributed by atoms with E-state index in [0.717, 1.165) is 31.6 Å². The van der Waals surface area contributed by atoms with Crippen LogP contribution >= 0.6 is 0 Å². The Morgan fingerprint density at radius 2 is 2.38 bits per heavy atom. The minimum atomic E-state index is -0.0575. The van der Waals surface area contributed by atoms with Crippen LogP contribution in [0.4, 0.5) is 0 Å². The van der Waals surface area contributed by atoms with E-state index < -0.39 is 0 Å². The van der Waals surface area contributed by atoms with Crippen molar-refractivity contribution in [1.82, 2.24) is 5.32 Å². The van der Waals surface area contributed by atoms with Crippen LogP contribution in [0.15, 0.2) is 23.4 Å². The van der Waals surface area contributed by atoms with E-state index in [2.05, 4.69) is 17.4 Å². The van der Waals surface area contributed by atoms with E-state index in [-0.39, 0.29) is 11.4 Å². The van der Waals surface area contributed by atoms with Crippen LogP contribution in [0.2, 0.25) is 0 Å². The first-order valence-corrected chi connectivity index (χ1v) is 7.07. The van der Waals surface area contributed by atoms with Crippen molar-refractivity contribution in [3.8, 4) is 5.75 Å². The van der Waals surface area contributed by atoms with Gasteiger partial charge in [-0.05, 0) is 37.5 Å². The van der Waals surface area contributed by atoms with Crippen LogP contribution < -0.4 is 15.8 Å². The maximum Gasteiger partial charge on any atom is 0.173 e. The predicted molar refractivity (Wildman–Crippen MR) is 80.8 cm³/mol. The molecule has 0 aliphatic carbocycles. The molecule has 116 valence electrons. The van der Waals surface area contributed by atoms with Gasteiger partial charge in [-0.2, -0.15) is 0 Å². The fraction of sp³-hybridized carbons (Fsp3) is 0.533. The largest absolute Gasteiger partial charge is 0.496 e. The van der Waals surface area contributed by atoms with Crippen molar-refractivity contribution in [2.24, 2.45) is 10.9 Å². The first kappa shape index (κ1) is 15.6. The van der Waals surface area contributed by atoms with Crippen molar-refractivity contribution in [3.05, 3.63) is 29.3 Å². The van der Waals surface area contributed by atoms with E-state index in [0.29, 0.717) is 17.9 Å². The second-order valence-corrected chi connectivity index (χ2v) is 5.53. The molecule has 1 atom stereocenters. The summed E-state index contributed by atoms with van der Waals surface area (Å²) in [7, 11) is 1.56. The Kier molecular flexibility index (Phi) is 5.03. The second-order valence-electron chi connectivity index (χ2n) is 5.53. The van der Waals surface area contributed by atoms with Crippen molar-refractivity contribution in [3.63, 3.8) is 0 Å². The molecule has 1 saturated heterocycles. The number of hydrogen-bond acceptors (Lipinski definition) is 5. The van der Waals surface area contributed by atoms with E-state index in [4.69, 9.17) is 20.4 Å². The molecule has 1 fully saturated rings. The van der Waals surface area contributed by atoms with Crippen molar-refractivity contribution in [2.75, 3.05) is 20.3 Å². The molecule has 1 aliphatic rings. The number of nitrogens with two attached hydrogens (primary N) is 1. The number of oxime groups is 1. The topological polar surface area (TPSA) is 89.1 Å². The molecule has 1 aromatic carbocycles. The van der Waals surface area contributed by atoms with Crippen LogP contribution in [0.1, 0.15) is 30.9 Å². The van der Waals surface area contributed by atoms with Gasteiger partial charge in [0.2, 0.25) is 0 Å². The van der Waals surface area contributed by atoms with Gasteiger partial charge in [-0.1, -0.05) is 11.2 Å². The molecule has 0 bridgehead atoms. The van der Waals surface area contributed by atoms with Gasteiger partial charge in [0.05, 0.1) is 18.3 Å². The van der Waals surface area contributed by atoms with E-state index in [1.165, 1.54) is 0 Å². The van der Waals surface area contributed by atoms with Gasteiger partial charge in [-0.15, -0.1) is 0 Å². The number of rotatable bonds is 6. The predicted octanol–water partition coefficient (Wildman–Crippen LogP) is 1.45. The fourth-order valence-electron chi connectivity index (χ4n) is 2.56. The third-order valence-electron chi connectivity index (χ3n) is 3.78. The van der Waals surface area contributed by atoms with Gasteiger partial charge in [0.15, 0.2) is 5.84 Å². The van der Waals surface area contributed by atoms with Gasteiger partial charge < -0.3 is 25.7 Å². The monoisotopic (exact) mass is 293 g/mol. The summed E-state index contributed by atoms with van der Waals surface area (Å²) < 4.78 is 11.0. The summed E-state index contributed by atoms with van der Waals surface area (Å²) in [6.07, 6.45) is 2.21. The molecular formula is C15H23N3O3. The molecular weight excluding hydrogens is 270 g/mol. The zero-order valence-corrected chi connectivity index (χ0v) is 12.6. The number of nitrogens with zero attached hydrogens (tertiary/aromatic N) is 1. The smallest absolute Gasteiger partial charge is 0.173 e. The number of benzene rings is 1. The lowest BCUT2D eigenvalue weighted by atomic mass is 10.0. The van der Waals surface area contributed by atoms with Gasteiger partial charge in [0.25, 0.3) is 0 Å². The average molecular weight is 293 g/mol. The molecule has 21 heavy (non-hydrogen) atoms. The molecule has 0 radical (unpaired) electrons. The summed E-state index contributed by atoms with van der Waals surface area (Å²) >= 11 is 0. The lowest BCUT2D eigenvalue weighted by molar-refractivity contribution is 0.0207. The van der Waals surface area contributed by atoms with E-state index in [1.807, 2.05) is 12.1 Å². The van der Waals surface area contributed by atoms with Gasteiger partial charge in [-0.25, -0.2) is 0 Å². The molecule has 1 heterocycles. The molecule has 2 rings (SSSR count). The summed E-state index contributed by atoms with van der Waals surface area (Å²) in [6.45, 7) is 4.51. The van der Waals surface area contributed by atoms with Gasteiger partial charge in [-0.3, -0.25) is 0 Å². The van der Waals surface area contributed by atoms with Crippen molar-refractivity contribution < 1.29 is 14.7 Å². The lowest BCUT2D eigenvalue weighted by Gasteiger charge is -2.23. The van der Waals surface area contributed by atoms with E-state index >= 15 is 0 Å². The van der Waals surface area contributed by atoms with Crippen LogP contribution in [0.3, 0.4) is 0 Å².